The van der Waals surface area contributed by atoms with Crippen molar-refractivity contribution in [3.8, 4) is 0 Å². The zero-order valence-electron chi connectivity index (χ0n) is 11.0. The number of aromatic carboxylic acids is 1. The van der Waals surface area contributed by atoms with Gasteiger partial charge in [0.25, 0.3) is 0 Å². The number of aryl methyl sites for hydroxylation is 1. The number of hydrogen-bond donors (Lipinski definition) is 1. The Morgan fingerprint density at radius 1 is 1.61 bits per heavy atom. The standard InChI is InChI=1S/C14H20N2O2/c1-3-11-5-4-6-16(9-11)13-7-10(2)15-8-12(13)14(17)18/h7-8,11H,3-6,9H2,1-2H3,(H,17,18). The van der Waals surface area contributed by atoms with Crippen LogP contribution in [0, 0.1) is 12.8 Å². The molecule has 4 nitrogen and oxygen atoms in total. The molecule has 1 aliphatic heterocycles. The molecule has 1 aromatic heterocycles. The zero-order chi connectivity index (χ0) is 13.1. The topological polar surface area (TPSA) is 53.4 Å². The van der Waals surface area contributed by atoms with E-state index in [4.69, 9.17) is 0 Å². The molecule has 0 bridgehead atoms. The van der Waals surface area contributed by atoms with Crippen LogP contribution in [0.15, 0.2) is 12.3 Å². The average molecular weight is 248 g/mol. The van der Waals surface area contributed by atoms with Crippen LogP contribution in [0.3, 0.4) is 0 Å². The minimum Gasteiger partial charge on any atom is -0.478 e. The second-order valence-corrected chi connectivity index (χ2v) is 5.01. The van der Waals surface area contributed by atoms with E-state index in [2.05, 4.69) is 16.8 Å². The van der Waals surface area contributed by atoms with Gasteiger partial charge in [0.05, 0.1) is 5.69 Å². The first kappa shape index (κ1) is 12.9. The van der Waals surface area contributed by atoms with E-state index in [9.17, 15) is 9.90 Å². The van der Waals surface area contributed by atoms with Gasteiger partial charge in [-0.2, -0.15) is 0 Å². The molecule has 0 saturated carbocycles. The molecule has 0 aromatic carbocycles. The number of pyridine rings is 1. The smallest absolute Gasteiger partial charge is 0.339 e. The summed E-state index contributed by atoms with van der Waals surface area (Å²) in [7, 11) is 0. The first-order valence-electron chi connectivity index (χ1n) is 6.56. The molecular weight excluding hydrogens is 228 g/mol. The molecule has 0 aliphatic carbocycles. The molecule has 98 valence electrons. The van der Waals surface area contributed by atoms with Crippen LogP contribution in [0.4, 0.5) is 5.69 Å². The van der Waals surface area contributed by atoms with E-state index in [0.717, 1.165) is 37.3 Å². The highest BCUT2D eigenvalue weighted by molar-refractivity contribution is 5.94. The number of hydrogen-bond acceptors (Lipinski definition) is 3. The summed E-state index contributed by atoms with van der Waals surface area (Å²) in [5.74, 6) is -0.218. The summed E-state index contributed by atoms with van der Waals surface area (Å²) in [6, 6.07) is 1.89. The molecular formula is C14H20N2O2. The fraction of sp³-hybridized carbons (Fsp3) is 0.571. The van der Waals surface area contributed by atoms with Gasteiger partial charge in [-0.1, -0.05) is 13.3 Å². The molecule has 1 unspecified atom stereocenters. The van der Waals surface area contributed by atoms with Crippen molar-refractivity contribution >= 4 is 11.7 Å². The molecule has 1 N–H and O–H groups in total. The van der Waals surface area contributed by atoms with Gasteiger partial charge in [-0.15, -0.1) is 0 Å². The van der Waals surface area contributed by atoms with E-state index < -0.39 is 5.97 Å². The maximum Gasteiger partial charge on any atom is 0.339 e. The number of nitrogens with zero attached hydrogens (tertiary/aromatic N) is 2. The van der Waals surface area contributed by atoms with Crippen LogP contribution in [0.5, 0.6) is 0 Å². The molecule has 0 amide bonds. The van der Waals surface area contributed by atoms with Crippen molar-refractivity contribution in [2.75, 3.05) is 18.0 Å². The van der Waals surface area contributed by atoms with Gasteiger partial charge in [-0.05, 0) is 31.7 Å². The number of aromatic nitrogens is 1. The molecule has 1 aromatic rings. The monoisotopic (exact) mass is 248 g/mol. The van der Waals surface area contributed by atoms with Gasteiger partial charge in [-0.25, -0.2) is 4.79 Å². The highest BCUT2D eigenvalue weighted by atomic mass is 16.4. The van der Waals surface area contributed by atoms with Gasteiger partial charge in [-0.3, -0.25) is 4.98 Å². The Balaban J connectivity index is 2.31. The Kier molecular flexibility index (Phi) is 3.84. The predicted octanol–water partition coefficient (Wildman–Crippen LogP) is 2.71. The lowest BCUT2D eigenvalue weighted by Gasteiger charge is -2.34. The first-order chi connectivity index (χ1) is 8.61. The molecule has 2 rings (SSSR count). The lowest BCUT2D eigenvalue weighted by molar-refractivity contribution is 0.0697. The summed E-state index contributed by atoms with van der Waals surface area (Å²) in [6.07, 6.45) is 5.02. The van der Waals surface area contributed by atoms with Crippen molar-refractivity contribution in [1.29, 1.82) is 0 Å². The van der Waals surface area contributed by atoms with Gasteiger partial charge in [0.1, 0.15) is 5.56 Å². The summed E-state index contributed by atoms with van der Waals surface area (Å²) in [5, 5.41) is 9.24. The molecule has 0 spiro atoms. The van der Waals surface area contributed by atoms with Gasteiger partial charge < -0.3 is 10.0 Å². The normalized spacial score (nSPS) is 19.9. The van der Waals surface area contributed by atoms with E-state index in [-0.39, 0.29) is 0 Å². The predicted molar refractivity (Wildman–Crippen MR) is 71.2 cm³/mol. The first-order valence-corrected chi connectivity index (χ1v) is 6.56. The Bertz CT molecular complexity index is 445. The van der Waals surface area contributed by atoms with Crippen molar-refractivity contribution in [3.63, 3.8) is 0 Å². The Hall–Kier alpha value is -1.58. The SMILES string of the molecule is CCC1CCCN(c2cc(C)ncc2C(=O)O)C1. The molecule has 0 radical (unpaired) electrons. The van der Waals surface area contributed by atoms with Gasteiger partial charge in [0, 0.05) is 25.0 Å². The third-order valence-corrected chi connectivity index (χ3v) is 3.69. The second-order valence-electron chi connectivity index (χ2n) is 5.01. The molecule has 1 fully saturated rings. The highest BCUT2D eigenvalue weighted by Crippen LogP contribution is 2.27. The van der Waals surface area contributed by atoms with Gasteiger partial charge in [0.2, 0.25) is 0 Å². The summed E-state index contributed by atoms with van der Waals surface area (Å²) in [6.45, 7) is 6.00. The minimum absolute atomic E-state index is 0.317. The van der Waals surface area contributed by atoms with Crippen molar-refractivity contribution in [1.82, 2.24) is 4.98 Å². The van der Waals surface area contributed by atoms with Crippen molar-refractivity contribution in [2.45, 2.75) is 33.1 Å². The van der Waals surface area contributed by atoms with E-state index in [1.165, 1.54) is 12.6 Å². The van der Waals surface area contributed by atoms with E-state index in [0.29, 0.717) is 11.5 Å². The lowest BCUT2D eigenvalue weighted by atomic mass is 9.95. The fourth-order valence-electron chi connectivity index (χ4n) is 2.59. The van der Waals surface area contributed by atoms with Crippen LogP contribution in [0.25, 0.3) is 0 Å². The summed E-state index contributed by atoms with van der Waals surface area (Å²) in [5.41, 5.74) is 2.01. The quantitative estimate of drug-likeness (QED) is 0.893. The van der Waals surface area contributed by atoms with Crippen LogP contribution in [0.1, 0.15) is 42.2 Å². The molecule has 1 atom stereocenters. The zero-order valence-corrected chi connectivity index (χ0v) is 11.0. The fourth-order valence-corrected chi connectivity index (χ4v) is 2.59. The lowest BCUT2D eigenvalue weighted by Crippen LogP contribution is -2.36. The number of piperidine rings is 1. The molecule has 18 heavy (non-hydrogen) atoms. The third kappa shape index (κ3) is 2.63. The summed E-state index contributed by atoms with van der Waals surface area (Å²) < 4.78 is 0. The van der Waals surface area contributed by atoms with Gasteiger partial charge in [0.15, 0.2) is 0 Å². The third-order valence-electron chi connectivity index (χ3n) is 3.69. The Morgan fingerprint density at radius 2 is 2.39 bits per heavy atom. The average Bonchev–Trinajstić information content (AvgIpc) is 2.38. The van der Waals surface area contributed by atoms with Crippen molar-refractivity contribution < 1.29 is 9.90 Å². The number of rotatable bonds is 3. The number of carboxylic acid groups (broad SMARTS) is 1. The van der Waals surface area contributed by atoms with Crippen molar-refractivity contribution in [3.05, 3.63) is 23.5 Å². The molecule has 1 aliphatic rings. The maximum atomic E-state index is 11.3. The van der Waals surface area contributed by atoms with E-state index in [1.807, 2.05) is 13.0 Å². The Labute approximate surface area is 108 Å². The van der Waals surface area contributed by atoms with Crippen LogP contribution >= 0.6 is 0 Å². The van der Waals surface area contributed by atoms with E-state index >= 15 is 0 Å². The van der Waals surface area contributed by atoms with E-state index in [1.54, 1.807) is 0 Å². The Morgan fingerprint density at radius 3 is 3.06 bits per heavy atom. The number of carboxylic acids is 1. The summed E-state index contributed by atoms with van der Waals surface area (Å²) >= 11 is 0. The minimum atomic E-state index is -0.892. The largest absolute Gasteiger partial charge is 0.478 e. The molecule has 1 saturated heterocycles. The van der Waals surface area contributed by atoms with Crippen LogP contribution < -0.4 is 4.90 Å². The van der Waals surface area contributed by atoms with Crippen LogP contribution in [-0.2, 0) is 0 Å². The maximum absolute atomic E-state index is 11.3. The van der Waals surface area contributed by atoms with Crippen molar-refractivity contribution in [2.24, 2.45) is 5.92 Å². The second kappa shape index (κ2) is 5.38. The molecule has 2 heterocycles. The molecule has 4 heteroatoms. The van der Waals surface area contributed by atoms with Gasteiger partial charge >= 0.3 is 5.97 Å². The number of anilines is 1. The van der Waals surface area contributed by atoms with Crippen LogP contribution in [0.2, 0.25) is 0 Å². The number of carbonyl (C=O) groups is 1. The van der Waals surface area contributed by atoms with Crippen LogP contribution in [-0.4, -0.2) is 29.1 Å². The summed E-state index contributed by atoms with van der Waals surface area (Å²) in [4.78, 5) is 17.6. The highest BCUT2D eigenvalue weighted by Gasteiger charge is 2.22.